The van der Waals surface area contributed by atoms with E-state index in [2.05, 4.69) is 22.9 Å². The van der Waals surface area contributed by atoms with Crippen molar-refractivity contribution in [3.05, 3.63) is 24.0 Å². The van der Waals surface area contributed by atoms with Crippen molar-refractivity contribution < 1.29 is 0 Å². The van der Waals surface area contributed by atoms with Crippen LogP contribution in [0.5, 0.6) is 0 Å². The van der Waals surface area contributed by atoms with Crippen molar-refractivity contribution in [2.24, 2.45) is 15.9 Å². The van der Waals surface area contributed by atoms with Crippen LogP contribution in [0.15, 0.2) is 34.0 Å². The molecule has 126 valence electrons. The molecule has 0 spiro atoms. The van der Waals surface area contributed by atoms with Crippen LogP contribution in [0.2, 0.25) is 6.32 Å². The lowest BCUT2D eigenvalue weighted by Gasteiger charge is -2.31. The minimum atomic E-state index is 0.130. The van der Waals surface area contributed by atoms with Crippen molar-refractivity contribution in [3.63, 3.8) is 0 Å². The molecule has 0 amide bonds. The lowest BCUT2D eigenvalue weighted by molar-refractivity contribution is 0.510. The molecular formula is C19H27BN4. The van der Waals surface area contributed by atoms with E-state index in [4.69, 9.17) is 18.2 Å². The second kappa shape index (κ2) is 7.95. The summed E-state index contributed by atoms with van der Waals surface area (Å²) in [6.45, 7) is 2.10. The molecule has 1 aliphatic heterocycles. The summed E-state index contributed by atoms with van der Waals surface area (Å²) in [5, 5.41) is 8.84. The first-order valence-electron chi connectivity index (χ1n) is 9.23. The first-order valence-corrected chi connectivity index (χ1v) is 9.23. The van der Waals surface area contributed by atoms with Crippen LogP contribution in [0.25, 0.3) is 0 Å². The third-order valence-corrected chi connectivity index (χ3v) is 5.28. The Morgan fingerprint density at radius 2 is 2.17 bits per heavy atom. The summed E-state index contributed by atoms with van der Waals surface area (Å²) in [5.41, 5.74) is 1.68. The van der Waals surface area contributed by atoms with Crippen molar-refractivity contribution in [2.45, 2.75) is 70.3 Å². The maximum Gasteiger partial charge on any atom is 0.154 e. The fraction of sp³-hybridized carbons (Fsp3) is 0.632. The number of aliphatic imine (C=N–C) groups is 2. The molecule has 0 bridgehead atoms. The lowest BCUT2D eigenvalue weighted by Crippen LogP contribution is -2.42. The zero-order chi connectivity index (χ0) is 16.9. The smallest absolute Gasteiger partial charge is 0.154 e. The fourth-order valence-corrected chi connectivity index (χ4v) is 3.76. The van der Waals surface area contributed by atoms with Crippen molar-refractivity contribution in [3.8, 4) is 0 Å². The highest BCUT2D eigenvalue weighted by molar-refractivity contribution is 6.46. The first-order chi connectivity index (χ1) is 11.7. The highest BCUT2D eigenvalue weighted by atomic mass is 15.2. The van der Waals surface area contributed by atoms with Crippen LogP contribution in [-0.2, 0) is 0 Å². The van der Waals surface area contributed by atoms with E-state index in [9.17, 15) is 0 Å². The summed E-state index contributed by atoms with van der Waals surface area (Å²) in [7, 11) is 5.87. The Bertz CT molecular complexity index is 584. The third-order valence-electron chi connectivity index (χ3n) is 5.28. The molecule has 1 heterocycles. The molecule has 3 aliphatic rings. The molecule has 1 fully saturated rings. The van der Waals surface area contributed by atoms with Crippen LogP contribution in [0, 0.1) is 11.3 Å². The zero-order valence-corrected chi connectivity index (χ0v) is 14.6. The topological polar surface area (TPSA) is 51.8 Å². The van der Waals surface area contributed by atoms with E-state index < -0.39 is 0 Å². The summed E-state index contributed by atoms with van der Waals surface area (Å²) in [6.07, 6.45) is 16.4. The molecule has 0 saturated heterocycles. The molecule has 4 nitrogen and oxygen atoms in total. The molecule has 0 aromatic carbocycles. The predicted molar refractivity (Wildman–Crippen MR) is 102 cm³/mol. The van der Waals surface area contributed by atoms with Crippen LogP contribution >= 0.6 is 0 Å². The number of hydrogen-bond donors (Lipinski definition) is 1. The molecule has 1 N–H and O–H groups in total. The second-order valence-electron chi connectivity index (χ2n) is 7.12. The average Bonchev–Trinajstić information content (AvgIpc) is 3.13. The summed E-state index contributed by atoms with van der Waals surface area (Å²) >= 11 is 0. The van der Waals surface area contributed by atoms with Crippen LogP contribution in [0.4, 0.5) is 0 Å². The minimum Gasteiger partial charge on any atom is -0.322 e. The molecule has 24 heavy (non-hydrogen) atoms. The lowest BCUT2D eigenvalue weighted by atomic mass is 9.79. The van der Waals surface area contributed by atoms with Crippen LogP contribution in [0.3, 0.4) is 0 Å². The second-order valence-corrected chi connectivity index (χ2v) is 7.12. The number of nitrogens with zero attached hydrogens (tertiary/aromatic N) is 3. The fourth-order valence-electron chi connectivity index (χ4n) is 3.76. The Hall–Kier alpha value is -1.65. The molecule has 2 atom stereocenters. The standard InChI is InChI=1S/C19H27BN4/c1-14-13-22-9-10-24(14)19(23-17-7-2-3-8-17)18(21)16-6-4-5-15(11-16)12-20/h6,9-10,13-15,17,21H,2-5,7-8,11-12H2,1H3. The number of nitrogens with one attached hydrogen (secondary N) is 1. The van der Waals surface area contributed by atoms with Gasteiger partial charge in [0, 0.05) is 18.6 Å². The molecule has 1 saturated carbocycles. The average molecular weight is 322 g/mol. The van der Waals surface area contributed by atoms with Gasteiger partial charge in [0.25, 0.3) is 0 Å². The molecule has 0 aromatic rings. The minimum absolute atomic E-state index is 0.130. The van der Waals surface area contributed by atoms with Crippen LogP contribution < -0.4 is 0 Å². The molecule has 3 rings (SSSR count). The highest BCUT2D eigenvalue weighted by Crippen LogP contribution is 2.29. The number of rotatable bonds is 4. The zero-order valence-electron chi connectivity index (χ0n) is 14.6. The Balaban J connectivity index is 1.86. The van der Waals surface area contributed by atoms with Crippen LogP contribution in [0.1, 0.15) is 51.9 Å². The predicted octanol–water partition coefficient (Wildman–Crippen LogP) is 3.91. The van der Waals surface area contributed by atoms with Gasteiger partial charge in [0.15, 0.2) is 5.84 Å². The Labute approximate surface area is 146 Å². The Kier molecular flexibility index (Phi) is 5.70. The Morgan fingerprint density at radius 1 is 1.38 bits per heavy atom. The molecule has 2 radical (unpaired) electrons. The highest BCUT2D eigenvalue weighted by Gasteiger charge is 2.27. The molecule has 0 aromatic heterocycles. The summed E-state index contributed by atoms with van der Waals surface area (Å²) in [5.74, 6) is 1.30. The molecule has 2 unspecified atom stereocenters. The van der Waals surface area contributed by atoms with Gasteiger partial charge >= 0.3 is 0 Å². The van der Waals surface area contributed by atoms with Crippen molar-refractivity contribution >= 4 is 25.6 Å². The van der Waals surface area contributed by atoms with Crippen molar-refractivity contribution in [1.82, 2.24) is 4.90 Å². The van der Waals surface area contributed by atoms with E-state index in [0.29, 0.717) is 24.0 Å². The number of amidine groups is 1. The van der Waals surface area contributed by atoms with Gasteiger partial charge in [-0.1, -0.05) is 25.2 Å². The van der Waals surface area contributed by atoms with E-state index in [1.54, 1.807) is 6.20 Å². The summed E-state index contributed by atoms with van der Waals surface area (Å²) in [4.78, 5) is 11.3. The van der Waals surface area contributed by atoms with Gasteiger partial charge in [-0.15, -0.1) is 0 Å². The van der Waals surface area contributed by atoms with E-state index in [0.717, 1.165) is 43.5 Å². The monoisotopic (exact) mass is 322 g/mol. The number of allylic oxidation sites excluding steroid dienone is 1. The maximum atomic E-state index is 8.84. The summed E-state index contributed by atoms with van der Waals surface area (Å²) in [6, 6.07) is 0.485. The SMILES string of the molecule is [B]CC1CCC=C(C(=N)C(=NC2CCCC2)N2C=CN=CC2C)C1. The first kappa shape index (κ1) is 17.2. The van der Waals surface area contributed by atoms with Gasteiger partial charge in [-0.3, -0.25) is 15.4 Å². The molecular weight excluding hydrogens is 295 g/mol. The van der Waals surface area contributed by atoms with E-state index in [1.807, 2.05) is 12.4 Å². The van der Waals surface area contributed by atoms with Gasteiger partial charge in [-0.2, -0.15) is 0 Å². The van der Waals surface area contributed by atoms with Gasteiger partial charge in [-0.05, 0) is 50.5 Å². The van der Waals surface area contributed by atoms with Crippen molar-refractivity contribution in [2.75, 3.05) is 0 Å². The van der Waals surface area contributed by atoms with Gasteiger partial charge in [0.2, 0.25) is 0 Å². The van der Waals surface area contributed by atoms with Gasteiger partial charge in [0.05, 0.1) is 25.6 Å². The van der Waals surface area contributed by atoms with E-state index in [-0.39, 0.29) is 6.04 Å². The van der Waals surface area contributed by atoms with Crippen LogP contribution in [-0.4, -0.2) is 42.6 Å². The quantitative estimate of drug-likeness (QED) is 0.476. The molecule has 2 aliphatic carbocycles. The normalized spacial score (nSPS) is 28.3. The van der Waals surface area contributed by atoms with Crippen molar-refractivity contribution in [1.29, 1.82) is 5.41 Å². The number of hydrogen-bond acceptors (Lipinski definition) is 3. The van der Waals surface area contributed by atoms with Gasteiger partial charge in [0.1, 0.15) is 0 Å². The largest absolute Gasteiger partial charge is 0.322 e. The van der Waals surface area contributed by atoms with Gasteiger partial charge in [-0.25, -0.2) is 0 Å². The molecule has 5 heteroatoms. The van der Waals surface area contributed by atoms with Gasteiger partial charge < -0.3 is 4.90 Å². The van der Waals surface area contributed by atoms with E-state index in [1.165, 1.54) is 12.8 Å². The summed E-state index contributed by atoms with van der Waals surface area (Å²) < 4.78 is 0. The maximum absolute atomic E-state index is 8.84. The Morgan fingerprint density at radius 3 is 2.88 bits per heavy atom. The van der Waals surface area contributed by atoms with E-state index >= 15 is 0 Å². The third kappa shape index (κ3) is 3.88.